The van der Waals surface area contributed by atoms with Crippen molar-refractivity contribution in [2.75, 3.05) is 18.1 Å². The molecule has 464 valence electrons. The zero-order valence-electron chi connectivity index (χ0n) is 49.5. The number of rotatable bonds is 19. The SMILES string of the molecule is CC(C)[C@@H]1NC(=O)[C@H](CCCCNC(=O)OC(C)(C)C)NC(=O)[C@@H](CC2=CCc3ccccc32)NC(=O)[C@H](Cc2ccc(O)cc2)CC(=O)[C@@H](NC(=O)[C@H](N)Cc2ccccc2)CSSC[C@@H](C(=O)N[C@@H](Cc2c[nH]c3ccccc23)C(=O)O)NC1=O. The third-order valence-corrected chi connectivity index (χ3v) is 17.4. The van der Waals surface area contributed by atoms with Crippen LogP contribution in [-0.2, 0) is 68.8 Å². The predicted octanol–water partition coefficient (Wildman–Crippen LogP) is 5.57. The highest BCUT2D eigenvalue weighted by atomic mass is 33.1. The standard InChI is InChI=1S/C64H79N9O12S2/c1-37(2)55-61(81)72-53(60(80)70-51(62(82)83)32-43-34-67-48-20-12-11-19-46(43)48)36-87-86-35-52(71-57(77)47(65)30-38-15-7-6-8-16-38)54(75)33-42(29-39-22-26-44(74)27-23-39)56(76)69-50(31-41-25-24-40-17-9-10-18-45(40)41)59(79)68-49(58(78)73-55)21-13-14-28-66-63(84)85-64(3,4)5/h6-12,15-20,22-23,25-27,34,37,42,47,49-53,55,67,74H,13-14,21,24,28-33,35-36,65H2,1-5H3,(H,66,84)(H,68,79)(H,69,76)(H,70,80)(H,71,77)(H,72,81)(H,73,78)(H,82,83)/t42-,47-,49+,50-,51+,52+,53+,55+/m1/s1. The van der Waals surface area contributed by atoms with Crippen molar-refractivity contribution in [1.29, 1.82) is 0 Å². The van der Waals surface area contributed by atoms with Gasteiger partial charge in [-0.3, -0.25) is 33.6 Å². The molecule has 1 aliphatic carbocycles. The Balaban J connectivity index is 1.25. The van der Waals surface area contributed by atoms with Gasteiger partial charge in [-0.05, 0) is 117 Å². The number of carbonyl (C=O) groups is 9. The second-order valence-electron chi connectivity index (χ2n) is 23.3. The van der Waals surface area contributed by atoms with Crippen molar-refractivity contribution >= 4 is 91.4 Å². The molecule has 0 saturated carbocycles. The van der Waals surface area contributed by atoms with Crippen LogP contribution in [0.15, 0.2) is 115 Å². The van der Waals surface area contributed by atoms with Crippen LogP contribution >= 0.6 is 21.6 Å². The number of para-hydroxylation sites is 1. The molecule has 12 N–H and O–H groups in total. The van der Waals surface area contributed by atoms with E-state index in [9.17, 15) is 43.8 Å². The number of aliphatic carboxylic acids is 1. The highest BCUT2D eigenvalue weighted by Crippen LogP contribution is 2.32. The summed E-state index contributed by atoms with van der Waals surface area (Å²) in [4.78, 5) is 132. The summed E-state index contributed by atoms with van der Waals surface area (Å²) in [6.45, 7) is 8.68. The lowest BCUT2D eigenvalue weighted by Crippen LogP contribution is -2.60. The third-order valence-electron chi connectivity index (χ3n) is 14.9. The lowest BCUT2D eigenvalue weighted by molar-refractivity contribution is -0.142. The zero-order chi connectivity index (χ0) is 62.8. The van der Waals surface area contributed by atoms with Crippen LogP contribution in [-0.4, -0.2) is 134 Å². The summed E-state index contributed by atoms with van der Waals surface area (Å²) < 4.78 is 5.38. The fourth-order valence-electron chi connectivity index (χ4n) is 10.3. The number of amides is 7. The van der Waals surface area contributed by atoms with Gasteiger partial charge in [0.15, 0.2) is 5.78 Å². The molecular formula is C64H79N9O12S2. The highest BCUT2D eigenvalue weighted by Gasteiger charge is 2.37. The molecule has 21 nitrogen and oxygen atoms in total. The number of unbranched alkanes of at least 4 members (excludes halogenated alkanes) is 1. The summed E-state index contributed by atoms with van der Waals surface area (Å²) in [5.74, 6) is -8.69. The number of ether oxygens (including phenoxy) is 1. The van der Waals surface area contributed by atoms with Crippen molar-refractivity contribution in [3.8, 4) is 5.75 Å². The van der Waals surface area contributed by atoms with E-state index in [2.05, 4.69) is 42.2 Å². The van der Waals surface area contributed by atoms with Gasteiger partial charge in [0.25, 0.3) is 0 Å². The topological polar surface area (TPSA) is 329 Å². The van der Waals surface area contributed by atoms with Gasteiger partial charge in [0.2, 0.25) is 35.4 Å². The van der Waals surface area contributed by atoms with E-state index >= 15 is 9.59 Å². The van der Waals surface area contributed by atoms with E-state index in [0.29, 0.717) is 24.0 Å². The first-order valence-electron chi connectivity index (χ1n) is 29.2. The van der Waals surface area contributed by atoms with Gasteiger partial charge in [-0.2, -0.15) is 0 Å². The fraction of sp³-hybridized carbons (Fsp3) is 0.422. The van der Waals surface area contributed by atoms with Crippen LogP contribution in [0.5, 0.6) is 5.75 Å². The van der Waals surface area contributed by atoms with Gasteiger partial charge in [0, 0.05) is 60.3 Å². The number of H-pyrrole nitrogens is 1. The van der Waals surface area contributed by atoms with Gasteiger partial charge in [0.05, 0.1) is 12.1 Å². The minimum atomic E-state index is -1.47. The number of nitrogens with one attached hydrogen (secondary N) is 8. The Labute approximate surface area is 514 Å². The van der Waals surface area contributed by atoms with Crippen molar-refractivity contribution in [1.82, 2.24) is 42.2 Å². The third kappa shape index (κ3) is 19.9. The smallest absolute Gasteiger partial charge is 0.407 e. The number of aromatic nitrogens is 1. The number of hydrogen-bond acceptors (Lipinski definition) is 14. The molecule has 23 heteroatoms. The van der Waals surface area contributed by atoms with E-state index in [0.717, 1.165) is 54.8 Å². The van der Waals surface area contributed by atoms with Crippen molar-refractivity contribution in [2.45, 2.75) is 140 Å². The fourth-order valence-corrected chi connectivity index (χ4v) is 12.6. The summed E-state index contributed by atoms with van der Waals surface area (Å²) in [6.07, 6.45) is 3.53. The first-order chi connectivity index (χ1) is 41.5. The number of ketones is 1. The molecule has 1 saturated heterocycles. The number of allylic oxidation sites excluding steroid dienone is 1. The average molecular weight is 1230 g/mol. The van der Waals surface area contributed by atoms with Gasteiger partial charge in [-0.1, -0.05) is 126 Å². The number of nitrogens with two attached hydrogens (primary N) is 1. The molecule has 1 aliphatic heterocycles. The Morgan fingerprint density at radius 2 is 1.43 bits per heavy atom. The Morgan fingerprint density at radius 1 is 0.747 bits per heavy atom. The highest BCUT2D eigenvalue weighted by molar-refractivity contribution is 8.76. The Bertz CT molecular complexity index is 3280. The molecule has 1 aromatic heterocycles. The lowest BCUT2D eigenvalue weighted by Gasteiger charge is -2.29. The number of benzene rings is 4. The Morgan fingerprint density at radius 3 is 2.15 bits per heavy atom. The molecule has 8 atom stereocenters. The van der Waals surface area contributed by atoms with E-state index in [4.69, 9.17) is 10.5 Å². The van der Waals surface area contributed by atoms with Crippen molar-refractivity contribution in [3.63, 3.8) is 0 Å². The number of phenols is 1. The molecule has 0 radical (unpaired) electrons. The molecule has 2 aliphatic rings. The monoisotopic (exact) mass is 1230 g/mol. The molecule has 87 heavy (non-hydrogen) atoms. The second-order valence-corrected chi connectivity index (χ2v) is 25.8. The number of carbonyl (C=O) groups excluding carboxylic acids is 8. The number of aromatic amines is 1. The summed E-state index contributed by atoms with van der Waals surface area (Å²) in [6, 6.07) is 20.7. The average Bonchev–Trinajstić information content (AvgIpc) is 4.05. The van der Waals surface area contributed by atoms with E-state index in [1.807, 2.05) is 66.7 Å². The normalized spacial score (nSPS) is 20.8. The van der Waals surface area contributed by atoms with E-state index < -0.39 is 119 Å². The van der Waals surface area contributed by atoms with Crippen LogP contribution in [0.1, 0.15) is 94.5 Å². The van der Waals surface area contributed by atoms with E-state index in [1.165, 1.54) is 12.1 Å². The molecule has 1 fully saturated rings. The largest absolute Gasteiger partial charge is 0.508 e. The molecule has 7 rings (SSSR count). The summed E-state index contributed by atoms with van der Waals surface area (Å²) in [7, 11) is 2.12. The van der Waals surface area contributed by atoms with Gasteiger partial charge >= 0.3 is 12.1 Å². The minimum absolute atomic E-state index is 0.0157. The van der Waals surface area contributed by atoms with Crippen LogP contribution in [0.25, 0.3) is 16.5 Å². The molecular weight excluding hydrogens is 1150 g/mol. The number of alkyl carbamates (subject to hydrolysis) is 1. The minimum Gasteiger partial charge on any atom is -0.508 e. The Hall–Kier alpha value is -8.15. The zero-order valence-corrected chi connectivity index (χ0v) is 51.2. The molecule has 0 bridgehead atoms. The van der Waals surface area contributed by atoms with Crippen LogP contribution in [0, 0.1) is 11.8 Å². The van der Waals surface area contributed by atoms with Crippen LogP contribution in [0.4, 0.5) is 4.79 Å². The number of carboxylic acids is 1. The number of phenolic OH excluding ortho intramolecular Hbond substituents is 1. The molecule has 0 unspecified atom stereocenters. The number of carboxylic acid groups (broad SMARTS) is 1. The van der Waals surface area contributed by atoms with Crippen molar-refractivity contribution < 1.29 is 58.1 Å². The number of aromatic hydroxyl groups is 1. The Kier molecular flexibility index (Phi) is 24.0. The number of fused-ring (bicyclic) bond motifs is 2. The van der Waals surface area contributed by atoms with Crippen molar-refractivity contribution in [2.24, 2.45) is 17.6 Å². The van der Waals surface area contributed by atoms with Gasteiger partial charge < -0.3 is 62.9 Å². The number of Topliss-reactive ketones (excluding diaryl/α,β-unsaturated/α-hetero) is 1. The van der Waals surface area contributed by atoms with Crippen LogP contribution < -0.4 is 43.0 Å². The van der Waals surface area contributed by atoms with Crippen LogP contribution in [0.3, 0.4) is 0 Å². The van der Waals surface area contributed by atoms with Gasteiger partial charge in [-0.25, -0.2) is 9.59 Å². The number of hydrogen-bond donors (Lipinski definition) is 11. The van der Waals surface area contributed by atoms with Gasteiger partial charge in [0.1, 0.15) is 41.6 Å². The first-order valence-corrected chi connectivity index (χ1v) is 31.7. The van der Waals surface area contributed by atoms with E-state index in [-0.39, 0.29) is 62.3 Å². The summed E-state index contributed by atoms with van der Waals surface area (Å²) in [5.41, 5.74) is 11.0. The maximum absolute atomic E-state index is 15.1. The molecule has 0 spiro atoms. The lowest BCUT2D eigenvalue weighted by atomic mass is 9.90. The molecule has 7 amide bonds. The van der Waals surface area contributed by atoms with Crippen molar-refractivity contribution in [3.05, 3.63) is 143 Å². The quantitative estimate of drug-likeness (QED) is 0.0356. The maximum atomic E-state index is 15.1. The van der Waals surface area contributed by atoms with E-state index in [1.54, 1.807) is 71.1 Å². The maximum Gasteiger partial charge on any atom is 0.407 e. The molecule has 2 heterocycles. The molecule has 4 aromatic carbocycles. The van der Waals surface area contributed by atoms with Gasteiger partial charge in [-0.15, -0.1) is 0 Å². The predicted molar refractivity (Wildman–Crippen MR) is 335 cm³/mol. The second kappa shape index (κ2) is 31.5. The molecule has 5 aromatic rings. The summed E-state index contributed by atoms with van der Waals surface area (Å²) in [5, 5.41) is 41.0. The van der Waals surface area contributed by atoms with Crippen LogP contribution in [0.2, 0.25) is 0 Å². The summed E-state index contributed by atoms with van der Waals surface area (Å²) >= 11 is 0. The first kappa shape index (κ1) is 66.4.